The van der Waals surface area contributed by atoms with Crippen molar-refractivity contribution in [3.8, 4) is 0 Å². The van der Waals surface area contributed by atoms with Gasteiger partial charge in [-0.15, -0.1) is 0 Å². The Morgan fingerprint density at radius 1 is 1.41 bits per heavy atom. The predicted octanol–water partition coefficient (Wildman–Crippen LogP) is 2.81. The maximum atomic E-state index is 12.8. The number of hydrogen-bond acceptors (Lipinski definition) is 1. The van der Waals surface area contributed by atoms with Gasteiger partial charge in [0.1, 0.15) is 0 Å². The standard InChI is InChI=1S/C15H23F3N4/c1-19-14(20-10-13-7-4-8-22(13)2)21-12-6-3-5-11(9-12)15(16,17)18/h4,7-8,11-12H,3,5-6,9-10H2,1-2H3,(H2,19,20,21). The van der Waals surface area contributed by atoms with Gasteiger partial charge in [-0.1, -0.05) is 6.42 Å². The molecule has 1 aromatic heterocycles. The molecule has 2 unspecified atom stereocenters. The Hall–Kier alpha value is -1.66. The van der Waals surface area contributed by atoms with Crippen molar-refractivity contribution < 1.29 is 13.2 Å². The van der Waals surface area contributed by atoms with Crippen LogP contribution >= 0.6 is 0 Å². The number of hydrogen-bond donors (Lipinski definition) is 2. The van der Waals surface area contributed by atoms with Crippen LogP contribution in [0.25, 0.3) is 0 Å². The molecule has 0 radical (unpaired) electrons. The normalized spacial score (nSPS) is 23.4. The third kappa shape index (κ3) is 4.42. The van der Waals surface area contributed by atoms with E-state index in [1.165, 1.54) is 0 Å². The van der Waals surface area contributed by atoms with E-state index in [9.17, 15) is 13.2 Å². The Labute approximate surface area is 128 Å². The summed E-state index contributed by atoms with van der Waals surface area (Å²) in [6.07, 6.45) is -0.456. The van der Waals surface area contributed by atoms with Gasteiger partial charge in [0, 0.05) is 32.0 Å². The summed E-state index contributed by atoms with van der Waals surface area (Å²) in [5.74, 6) is -0.654. The Morgan fingerprint density at radius 2 is 2.18 bits per heavy atom. The molecule has 0 saturated heterocycles. The zero-order valence-corrected chi connectivity index (χ0v) is 13.0. The second-order valence-corrected chi connectivity index (χ2v) is 5.78. The highest BCUT2D eigenvalue weighted by molar-refractivity contribution is 5.79. The number of alkyl halides is 3. The zero-order chi connectivity index (χ0) is 16.2. The molecule has 1 saturated carbocycles. The van der Waals surface area contributed by atoms with Crippen molar-refractivity contribution in [2.24, 2.45) is 18.0 Å². The van der Waals surface area contributed by atoms with E-state index < -0.39 is 12.1 Å². The van der Waals surface area contributed by atoms with Crippen molar-refractivity contribution in [1.29, 1.82) is 0 Å². The van der Waals surface area contributed by atoms with Crippen LogP contribution in [0, 0.1) is 5.92 Å². The molecule has 1 fully saturated rings. The van der Waals surface area contributed by atoms with Gasteiger partial charge in [0.05, 0.1) is 12.5 Å². The highest BCUT2D eigenvalue weighted by atomic mass is 19.4. The van der Waals surface area contributed by atoms with Crippen LogP contribution in [-0.4, -0.2) is 29.8 Å². The minimum Gasteiger partial charge on any atom is -0.354 e. The molecule has 1 heterocycles. The molecule has 2 rings (SSSR count). The molecule has 2 atom stereocenters. The summed E-state index contributed by atoms with van der Waals surface area (Å²) in [4.78, 5) is 4.10. The first-order valence-electron chi connectivity index (χ1n) is 7.54. The summed E-state index contributed by atoms with van der Waals surface area (Å²) < 4.78 is 40.5. The number of aliphatic imine (C=N–C) groups is 1. The van der Waals surface area contributed by atoms with E-state index in [0.29, 0.717) is 18.9 Å². The first-order chi connectivity index (χ1) is 10.4. The molecular weight excluding hydrogens is 293 g/mol. The van der Waals surface area contributed by atoms with Gasteiger partial charge in [-0.05, 0) is 31.4 Å². The maximum absolute atomic E-state index is 12.8. The molecule has 0 aliphatic heterocycles. The fourth-order valence-corrected chi connectivity index (χ4v) is 2.86. The monoisotopic (exact) mass is 316 g/mol. The van der Waals surface area contributed by atoms with E-state index in [-0.39, 0.29) is 18.9 Å². The summed E-state index contributed by atoms with van der Waals surface area (Å²) in [5.41, 5.74) is 1.08. The van der Waals surface area contributed by atoms with Gasteiger partial charge in [-0.3, -0.25) is 4.99 Å². The molecule has 0 bridgehead atoms. The van der Waals surface area contributed by atoms with E-state index in [1.54, 1.807) is 7.05 Å². The Kier molecular flexibility index (Phi) is 5.37. The van der Waals surface area contributed by atoms with Crippen LogP contribution in [0.1, 0.15) is 31.4 Å². The largest absolute Gasteiger partial charge is 0.391 e. The number of nitrogens with zero attached hydrogens (tertiary/aromatic N) is 2. The second-order valence-electron chi connectivity index (χ2n) is 5.78. The van der Waals surface area contributed by atoms with Gasteiger partial charge < -0.3 is 15.2 Å². The summed E-state index contributed by atoms with van der Waals surface area (Å²) in [7, 11) is 3.58. The first kappa shape index (κ1) is 16.7. The third-order valence-corrected chi connectivity index (χ3v) is 4.19. The molecular formula is C15H23F3N4. The van der Waals surface area contributed by atoms with E-state index in [1.807, 2.05) is 29.9 Å². The van der Waals surface area contributed by atoms with Crippen molar-refractivity contribution in [3.05, 3.63) is 24.0 Å². The summed E-state index contributed by atoms with van der Waals surface area (Å²) in [6.45, 7) is 0.582. The number of rotatable bonds is 3. The number of aromatic nitrogens is 1. The van der Waals surface area contributed by atoms with Crippen LogP contribution < -0.4 is 10.6 Å². The van der Waals surface area contributed by atoms with Crippen molar-refractivity contribution in [2.75, 3.05) is 7.05 Å². The zero-order valence-electron chi connectivity index (χ0n) is 13.0. The van der Waals surface area contributed by atoms with Crippen LogP contribution in [0.4, 0.5) is 13.2 Å². The SMILES string of the molecule is CN=C(NCc1cccn1C)NC1CCCC(C(F)(F)F)C1. The average molecular weight is 316 g/mol. The molecule has 124 valence electrons. The lowest BCUT2D eigenvalue weighted by Crippen LogP contribution is -2.46. The molecule has 1 aliphatic carbocycles. The maximum Gasteiger partial charge on any atom is 0.391 e. The van der Waals surface area contributed by atoms with E-state index in [2.05, 4.69) is 15.6 Å². The minimum atomic E-state index is -4.10. The Bertz CT molecular complexity index is 507. The van der Waals surface area contributed by atoms with Gasteiger partial charge in [-0.25, -0.2) is 0 Å². The van der Waals surface area contributed by atoms with E-state index in [0.717, 1.165) is 12.1 Å². The summed E-state index contributed by atoms with van der Waals surface area (Å²) in [6, 6.07) is 3.75. The molecule has 22 heavy (non-hydrogen) atoms. The van der Waals surface area contributed by atoms with Gasteiger partial charge in [0.25, 0.3) is 0 Å². The van der Waals surface area contributed by atoms with Crippen LogP contribution in [0.15, 0.2) is 23.3 Å². The molecule has 1 aliphatic rings. The highest BCUT2D eigenvalue weighted by Gasteiger charge is 2.42. The number of nitrogens with one attached hydrogen (secondary N) is 2. The minimum absolute atomic E-state index is 0.119. The lowest BCUT2D eigenvalue weighted by Gasteiger charge is -2.31. The topological polar surface area (TPSA) is 41.4 Å². The molecule has 4 nitrogen and oxygen atoms in total. The van der Waals surface area contributed by atoms with Crippen LogP contribution in [0.2, 0.25) is 0 Å². The fourth-order valence-electron chi connectivity index (χ4n) is 2.86. The predicted molar refractivity (Wildman–Crippen MR) is 80.5 cm³/mol. The number of halogens is 3. The van der Waals surface area contributed by atoms with Crippen molar-refractivity contribution in [1.82, 2.24) is 15.2 Å². The van der Waals surface area contributed by atoms with Crippen molar-refractivity contribution in [2.45, 2.75) is 44.4 Å². The second kappa shape index (κ2) is 7.07. The Balaban J connectivity index is 1.86. The van der Waals surface area contributed by atoms with Gasteiger partial charge in [0.2, 0.25) is 0 Å². The van der Waals surface area contributed by atoms with E-state index in [4.69, 9.17) is 0 Å². The molecule has 0 spiro atoms. The summed E-state index contributed by atoms with van der Waals surface area (Å²) in [5, 5.41) is 6.27. The lowest BCUT2D eigenvalue weighted by molar-refractivity contribution is -0.183. The number of aryl methyl sites for hydroxylation is 1. The lowest BCUT2D eigenvalue weighted by atomic mass is 9.85. The van der Waals surface area contributed by atoms with Crippen molar-refractivity contribution >= 4 is 5.96 Å². The van der Waals surface area contributed by atoms with Crippen LogP contribution in [0.5, 0.6) is 0 Å². The number of guanidine groups is 1. The van der Waals surface area contributed by atoms with Crippen LogP contribution in [-0.2, 0) is 13.6 Å². The highest BCUT2D eigenvalue weighted by Crippen LogP contribution is 2.37. The van der Waals surface area contributed by atoms with Gasteiger partial charge in [-0.2, -0.15) is 13.2 Å². The van der Waals surface area contributed by atoms with Crippen molar-refractivity contribution in [3.63, 3.8) is 0 Å². The Morgan fingerprint density at radius 3 is 2.77 bits per heavy atom. The molecule has 2 N–H and O–H groups in total. The molecule has 0 amide bonds. The molecule has 7 heteroatoms. The smallest absolute Gasteiger partial charge is 0.354 e. The average Bonchev–Trinajstić information content (AvgIpc) is 2.88. The van der Waals surface area contributed by atoms with Crippen LogP contribution in [0.3, 0.4) is 0 Å². The molecule has 1 aromatic rings. The summed E-state index contributed by atoms with van der Waals surface area (Å²) >= 11 is 0. The quantitative estimate of drug-likeness (QED) is 0.665. The first-order valence-corrected chi connectivity index (χ1v) is 7.54. The third-order valence-electron chi connectivity index (χ3n) is 4.19. The molecule has 0 aromatic carbocycles. The van der Waals surface area contributed by atoms with Gasteiger partial charge >= 0.3 is 6.18 Å². The van der Waals surface area contributed by atoms with E-state index >= 15 is 0 Å². The fraction of sp³-hybridized carbons (Fsp3) is 0.667. The van der Waals surface area contributed by atoms with Gasteiger partial charge in [0.15, 0.2) is 5.96 Å².